The Morgan fingerprint density at radius 3 is 2.45 bits per heavy atom. The lowest BCUT2D eigenvalue weighted by atomic mass is 9.81. The Labute approximate surface area is 123 Å². The SMILES string of the molecule is C=CCN1CC(CC)(CC)NCC1(C)c1ccccc1. The standard InChI is InChI=1S/C18H28N2/c1-5-13-20-15-18(6-2,7-3)19-14-17(20,4)16-11-9-8-10-12-16/h5,8-12,19H,1,6-7,13-15H2,2-4H3. The second-order valence-corrected chi connectivity index (χ2v) is 6.15. The lowest BCUT2D eigenvalue weighted by molar-refractivity contribution is 0.0181. The maximum atomic E-state index is 3.95. The second kappa shape index (κ2) is 6.11. The minimum absolute atomic E-state index is 0.0449. The summed E-state index contributed by atoms with van der Waals surface area (Å²) < 4.78 is 0. The molecule has 0 spiro atoms. The minimum Gasteiger partial charge on any atom is -0.308 e. The molecule has 0 aromatic heterocycles. The molecule has 1 N–H and O–H groups in total. The monoisotopic (exact) mass is 272 g/mol. The first-order valence-corrected chi connectivity index (χ1v) is 7.77. The van der Waals surface area contributed by atoms with E-state index in [4.69, 9.17) is 0 Å². The number of nitrogens with zero attached hydrogens (tertiary/aromatic N) is 1. The number of piperazine rings is 1. The van der Waals surface area contributed by atoms with Crippen LogP contribution in [0.1, 0.15) is 39.2 Å². The molecular formula is C18H28N2. The number of benzene rings is 1. The fourth-order valence-electron chi connectivity index (χ4n) is 3.29. The lowest BCUT2D eigenvalue weighted by Gasteiger charge is -2.53. The second-order valence-electron chi connectivity index (χ2n) is 6.15. The summed E-state index contributed by atoms with van der Waals surface area (Å²) in [4.78, 5) is 2.58. The highest BCUT2D eigenvalue weighted by Gasteiger charge is 2.43. The molecule has 1 aromatic rings. The summed E-state index contributed by atoms with van der Waals surface area (Å²) in [5.41, 5.74) is 1.68. The summed E-state index contributed by atoms with van der Waals surface area (Å²) in [5, 5.41) is 3.83. The summed E-state index contributed by atoms with van der Waals surface area (Å²) in [6.07, 6.45) is 4.37. The third kappa shape index (κ3) is 2.68. The van der Waals surface area contributed by atoms with Gasteiger partial charge in [0.2, 0.25) is 0 Å². The van der Waals surface area contributed by atoms with Gasteiger partial charge < -0.3 is 5.32 Å². The van der Waals surface area contributed by atoms with E-state index >= 15 is 0 Å². The highest BCUT2D eigenvalue weighted by molar-refractivity contribution is 5.26. The van der Waals surface area contributed by atoms with Crippen molar-refractivity contribution in [1.82, 2.24) is 10.2 Å². The van der Waals surface area contributed by atoms with Crippen LogP contribution in [0, 0.1) is 0 Å². The zero-order valence-corrected chi connectivity index (χ0v) is 13.2. The molecule has 0 aliphatic carbocycles. The fourth-order valence-corrected chi connectivity index (χ4v) is 3.29. The first kappa shape index (κ1) is 15.3. The number of nitrogens with one attached hydrogen (secondary N) is 1. The van der Waals surface area contributed by atoms with Crippen molar-refractivity contribution >= 4 is 0 Å². The quantitative estimate of drug-likeness (QED) is 0.825. The zero-order chi connectivity index (χ0) is 14.6. The topological polar surface area (TPSA) is 15.3 Å². The van der Waals surface area contributed by atoms with Crippen molar-refractivity contribution in [2.75, 3.05) is 19.6 Å². The summed E-state index contributed by atoms with van der Waals surface area (Å²) >= 11 is 0. The highest BCUT2D eigenvalue weighted by Crippen LogP contribution is 2.35. The molecule has 2 rings (SSSR count). The Morgan fingerprint density at radius 1 is 1.25 bits per heavy atom. The molecule has 20 heavy (non-hydrogen) atoms. The van der Waals surface area contributed by atoms with E-state index in [2.05, 4.69) is 67.9 Å². The molecule has 110 valence electrons. The minimum atomic E-state index is 0.0449. The van der Waals surface area contributed by atoms with E-state index in [-0.39, 0.29) is 11.1 Å². The molecule has 1 aliphatic heterocycles. The van der Waals surface area contributed by atoms with Gasteiger partial charge in [0.1, 0.15) is 0 Å². The van der Waals surface area contributed by atoms with E-state index in [0.717, 1.165) is 19.6 Å². The van der Waals surface area contributed by atoms with E-state index in [1.165, 1.54) is 18.4 Å². The molecule has 0 bridgehead atoms. The van der Waals surface area contributed by atoms with Crippen LogP contribution in [-0.4, -0.2) is 30.1 Å². The Hall–Kier alpha value is -1.12. The molecule has 1 aliphatic rings. The van der Waals surface area contributed by atoms with Crippen LogP contribution in [0.4, 0.5) is 0 Å². The molecule has 1 unspecified atom stereocenters. The summed E-state index contributed by atoms with van der Waals surface area (Å²) in [6, 6.07) is 10.8. The molecule has 1 aromatic carbocycles. The van der Waals surface area contributed by atoms with Crippen LogP contribution in [0.3, 0.4) is 0 Å². The number of hydrogen-bond acceptors (Lipinski definition) is 2. The molecule has 2 heteroatoms. The molecule has 2 nitrogen and oxygen atoms in total. The maximum absolute atomic E-state index is 3.95. The van der Waals surface area contributed by atoms with Crippen molar-refractivity contribution in [3.8, 4) is 0 Å². The van der Waals surface area contributed by atoms with Crippen LogP contribution in [0.5, 0.6) is 0 Å². The normalized spacial score (nSPS) is 26.4. The van der Waals surface area contributed by atoms with Gasteiger partial charge >= 0.3 is 0 Å². The van der Waals surface area contributed by atoms with Gasteiger partial charge in [-0.3, -0.25) is 4.90 Å². The molecule has 1 heterocycles. The van der Waals surface area contributed by atoms with Crippen molar-refractivity contribution in [3.63, 3.8) is 0 Å². The van der Waals surface area contributed by atoms with Crippen LogP contribution in [0.15, 0.2) is 43.0 Å². The molecule has 1 fully saturated rings. The molecule has 0 amide bonds. The summed E-state index contributed by atoms with van der Waals surface area (Å²) in [6.45, 7) is 13.9. The van der Waals surface area contributed by atoms with Gasteiger partial charge in [0.25, 0.3) is 0 Å². The predicted octanol–water partition coefficient (Wildman–Crippen LogP) is 3.55. The first-order chi connectivity index (χ1) is 9.60. The van der Waals surface area contributed by atoms with E-state index in [1.807, 2.05) is 6.08 Å². The van der Waals surface area contributed by atoms with Crippen LogP contribution in [0.25, 0.3) is 0 Å². The largest absolute Gasteiger partial charge is 0.308 e. The third-order valence-electron chi connectivity index (χ3n) is 5.10. The van der Waals surface area contributed by atoms with Crippen molar-refractivity contribution in [3.05, 3.63) is 48.6 Å². The van der Waals surface area contributed by atoms with Gasteiger partial charge in [0, 0.05) is 25.2 Å². The van der Waals surface area contributed by atoms with Crippen molar-refractivity contribution in [1.29, 1.82) is 0 Å². The van der Waals surface area contributed by atoms with Gasteiger partial charge in [-0.25, -0.2) is 0 Å². The number of hydrogen-bond donors (Lipinski definition) is 1. The molecule has 0 radical (unpaired) electrons. The Kier molecular flexibility index (Phi) is 4.66. The van der Waals surface area contributed by atoms with E-state index in [9.17, 15) is 0 Å². The van der Waals surface area contributed by atoms with Gasteiger partial charge in [-0.2, -0.15) is 0 Å². The van der Waals surface area contributed by atoms with Crippen LogP contribution in [-0.2, 0) is 5.54 Å². The highest BCUT2D eigenvalue weighted by atomic mass is 15.3. The zero-order valence-electron chi connectivity index (χ0n) is 13.2. The Balaban J connectivity index is 2.32. The molecular weight excluding hydrogens is 244 g/mol. The predicted molar refractivity (Wildman–Crippen MR) is 86.9 cm³/mol. The smallest absolute Gasteiger partial charge is 0.0561 e. The average Bonchev–Trinajstić information content (AvgIpc) is 2.51. The summed E-state index contributed by atoms with van der Waals surface area (Å²) in [7, 11) is 0. The van der Waals surface area contributed by atoms with Crippen LogP contribution < -0.4 is 5.32 Å². The van der Waals surface area contributed by atoms with E-state index in [1.54, 1.807) is 0 Å². The van der Waals surface area contributed by atoms with Gasteiger partial charge in [-0.15, -0.1) is 6.58 Å². The summed E-state index contributed by atoms with van der Waals surface area (Å²) in [5.74, 6) is 0. The van der Waals surface area contributed by atoms with Gasteiger partial charge in [-0.05, 0) is 25.3 Å². The van der Waals surface area contributed by atoms with Gasteiger partial charge in [-0.1, -0.05) is 50.3 Å². The first-order valence-electron chi connectivity index (χ1n) is 7.77. The Bertz CT molecular complexity index is 436. The number of rotatable bonds is 5. The van der Waals surface area contributed by atoms with Crippen LogP contribution >= 0.6 is 0 Å². The molecule has 1 saturated heterocycles. The van der Waals surface area contributed by atoms with Gasteiger partial charge in [0.05, 0.1) is 5.54 Å². The average molecular weight is 272 g/mol. The van der Waals surface area contributed by atoms with E-state index < -0.39 is 0 Å². The van der Waals surface area contributed by atoms with Crippen molar-refractivity contribution in [2.24, 2.45) is 0 Å². The maximum Gasteiger partial charge on any atom is 0.0561 e. The Morgan fingerprint density at radius 2 is 1.90 bits per heavy atom. The van der Waals surface area contributed by atoms with Crippen LogP contribution in [0.2, 0.25) is 0 Å². The molecule has 0 saturated carbocycles. The molecule has 1 atom stereocenters. The van der Waals surface area contributed by atoms with E-state index in [0.29, 0.717) is 0 Å². The van der Waals surface area contributed by atoms with Crippen molar-refractivity contribution in [2.45, 2.75) is 44.7 Å². The third-order valence-corrected chi connectivity index (χ3v) is 5.10. The fraction of sp³-hybridized carbons (Fsp3) is 0.556. The lowest BCUT2D eigenvalue weighted by Crippen LogP contribution is -2.67. The van der Waals surface area contributed by atoms with Crippen molar-refractivity contribution < 1.29 is 0 Å². The van der Waals surface area contributed by atoms with Gasteiger partial charge in [0.15, 0.2) is 0 Å².